The number of esters is 1. The molecule has 66 valence electrons. The van der Waals surface area contributed by atoms with Gasteiger partial charge in [-0.3, -0.25) is 0 Å². The van der Waals surface area contributed by atoms with Gasteiger partial charge in [0.15, 0.2) is 0 Å². The Morgan fingerprint density at radius 3 is 2.50 bits per heavy atom. The van der Waals surface area contributed by atoms with Crippen LogP contribution in [-0.2, 0) is 9.53 Å². The van der Waals surface area contributed by atoms with Crippen LogP contribution in [0.1, 0.15) is 32.6 Å². The molecule has 1 saturated heterocycles. The minimum atomic E-state index is -0.176. The summed E-state index contributed by atoms with van der Waals surface area (Å²) in [4.78, 5) is 11.2. The molecule has 0 amide bonds. The Labute approximate surface area is 72.6 Å². The summed E-state index contributed by atoms with van der Waals surface area (Å²) in [5, 5.41) is 0. The van der Waals surface area contributed by atoms with Crippen LogP contribution in [-0.4, -0.2) is 11.6 Å². The Kier molecular flexibility index (Phi) is 1.53. The van der Waals surface area contributed by atoms with Crippen molar-refractivity contribution < 1.29 is 9.53 Å². The van der Waals surface area contributed by atoms with Gasteiger partial charge >= 0.3 is 5.97 Å². The summed E-state index contributed by atoms with van der Waals surface area (Å²) in [7, 11) is 0. The maximum Gasteiger partial charge on any atom is 0.334 e. The quantitative estimate of drug-likeness (QED) is 0.406. The number of carbonyl (C=O) groups excluding carboxylic acids is 1. The second-order valence-corrected chi connectivity index (χ2v) is 3.91. The van der Waals surface area contributed by atoms with Crippen molar-refractivity contribution in [3.8, 4) is 0 Å². The second kappa shape index (κ2) is 2.35. The highest BCUT2D eigenvalue weighted by molar-refractivity contribution is 5.91. The van der Waals surface area contributed by atoms with E-state index in [1.165, 1.54) is 12.8 Å². The van der Waals surface area contributed by atoms with Crippen LogP contribution in [0.25, 0.3) is 0 Å². The molecule has 0 aromatic carbocycles. The first-order valence-corrected chi connectivity index (χ1v) is 4.58. The summed E-state index contributed by atoms with van der Waals surface area (Å²) in [6, 6.07) is 0. The molecule has 1 aliphatic carbocycles. The summed E-state index contributed by atoms with van der Waals surface area (Å²) < 4.78 is 5.40. The van der Waals surface area contributed by atoms with Crippen LogP contribution in [0.4, 0.5) is 0 Å². The molecular formula is C10H14O2. The summed E-state index contributed by atoms with van der Waals surface area (Å²) in [5.74, 6) is 0.0527. The van der Waals surface area contributed by atoms with Gasteiger partial charge in [-0.25, -0.2) is 4.79 Å². The third-order valence-corrected chi connectivity index (χ3v) is 3.32. The van der Waals surface area contributed by atoms with Gasteiger partial charge in [-0.2, -0.15) is 0 Å². The molecule has 0 N–H and O–H groups in total. The van der Waals surface area contributed by atoms with Gasteiger partial charge in [0.2, 0.25) is 0 Å². The van der Waals surface area contributed by atoms with E-state index < -0.39 is 0 Å². The van der Waals surface area contributed by atoms with Crippen molar-refractivity contribution in [2.75, 3.05) is 0 Å². The predicted octanol–water partition coefficient (Wildman–Crippen LogP) is 2.05. The third-order valence-electron chi connectivity index (χ3n) is 3.32. The fourth-order valence-electron chi connectivity index (χ4n) is 2.34. The van der Waals surface area contributed by atoms with E-state index in [1.54, 1.807) is 0 Å². The van der Waals surface area contributed by atoms with E-state index in [1.807, 2.05) is 0 Å². The van der Waals surface area contributed by atoms with Gasteiger partial charge in [-0.15, -0.1) is 0 Å². The lowest BCUT2D eigenvalue weighted by atomic mass is 9.85. The van der Waals surface area contributed by atoms with Crippen LogP contribution >= 0.6 is 0 Å². The number of hydrogen-bond acceptors (Lipinski definition) is 2. The fraction of sp³-hybridized carbons (Fsp3) is 0.700. The van der Waals surface area contributed by atoms with E-state index in [9.17, 15) is 4.79 Å². The van der Waals surface area contributed by atoms with E-state index in [0.29, 0.717) is 5.57 Å². The minimum Gasteiger partial charge on any atom is -0.455 e. The van der Waals surface area contributed by atoms with Gasteiger partial charge in [0, 0.05) is 11.5 Å². The second-order valence-electron chi connectivity index (χ2n) is 3.91. The molecule has 2 nitrogen and oxygen atoms in total. The molecule has 0 radical (unpaired) electrons. The van der Waals surface area contributed by atoms with Gasteiger partial charge in [0.1, 0.15) is 5.60 Å². The maximum atomic E-state index is 11.2. The SMILES string of the molecule is C=C1C(=O)OC2(CCCC2)C1C. The molecule has 1 atom stereocenters. The van der Waals surface area contributed by atoms with Crippen molar-refractivity contribution in [2.24, 2.45) is 5.92 Å². The minimum absolute atomic E-state index is 0.159. The average molecular weight is 166 g/mol. The summed E-state index contributed by atoms with van der Waals surface area (Å²) in [6.07, 6.45) is 4.42. The van der Waals surface area contributed by atoms with Crippen molar-refractivity contribution in [1.29, 1.82) is 0 Å². The van der Waals surface area contributed by atoms with Crippen molar-refractivity contribution in [3.05, 3.63) is 12.2 Å². The molecule has 1 aliphatic heterocycles. The normalized spacial score (nSPS) is 32.9. The van der Waals surface area contributed by atoms with Gasteiger partial charge in [0.25, 0.3) is 0 Å². The largest absolute Gasteiger partial charge is 0.455 e. The summed E-state index contributed by atoms with van der Waals surface area (Å²) >= 11 is 0. The molecule has 0 aromatic heterocycles. The lowest BCUT2D eigenvalue weighted by Crippen LogP contribution is -2.30. The number of carbonyl (C=O) groups is 1. The van der Waals surface area contributed by atoms with Crippen LogP contribution < -0.4 is 0 Å². The standard InChI is InChI=1S/C10H14O2/c1-7-8(2)10(12-9(7)11)5-3-4-6-10/h8H,1,3-6H2,2H3. The Bertz CT molecular complexity index is 236. The first-order valence-electron chi connectivity index (χ1n) is 4.58. The van der Waals surface area contributed by atoms with Crippen molar-refractivity contribution in [1.82, 2.24) is 0 Å². The lowest BCUT2D eigenvalue weighted by molar-refractivity contribution is -0.147. The van der Waals surface area contributed by atoms with Gasteiger partial charge in [0.05, 0.1) is 0 Å². The Morgan fingerprint density at radius 2 is 2.08 bits per heavy atom. The molecule has 2 fully saturated rings. The highest BCUT2D eigenvalue weighted by Gasteiger charge is 2.50. The van der Waals surface area contributed by atoms with E-state index in [4.69, 9.17) is 4.74 Å². The zero-order valence-corrected chi connectivity index (χ0v) is 7.43. The van der Waals surface area contributed by atoms with Gasteiger partial charge in [-0.05, 0) is 25.7 Å². The number of rotatable bonds is 0. The number of hydrogen-bond donors (Lipinski definition) is 0. The summed E-state index contributed by atoms with van der Waals surface area (Å²) in [6.45, 7) is 5.81. The zero-order valence-electron chi connectivity index (χ0n) is 7.43. The Morgan fingerprint density at radius 1 is 1.50 bits per heavy atom. The molecule has 1 heterocycles. The zero-order chi connectivity index (χ0) is 8.77. The van der Waals surface area contributed by atoms with E-state index in [-0.39, 0.29) is 17.5 Å². The van der Waals surface area contributed by atoms with Crippen LogP contribution in [0.5, 0.6) is 0 Å². The van der Waals surface area contributed by atoms with E-state index >= 15 is 0 Å². The molecule has 2 rings (SSSR count). The first kappa shape index (κ1) is 7.84. The molecule has 1 saturated carbocycles. The monoisotopic (exact) mass is 166 g/mol. The van der Waals surface area contributed by atoms with Crippen LogP contribution in [0.3, 0.4) is 0 Å². The molecule has 2 aliphatic rings. The average Bonchev–Trinajstić information content (AvgIpc) is 2.57. The van der Waals surface area contributed by atoms with Crippen LogP contribution in [0.2, 0.25) is 0 Å². The molecule has 2 heteroatoms. The molecular weight excluding hydrogens is 152 g/mol. The van der Waals surface area contributed by atoms with Gasteiger partial charge < -0.3 is 4.74 Å². The molecule has 1 unspecified atom stereocenters. The predicted molar refractivity (Wildman–Crippen MR) is 45.6 cm³/mol. The molecule has 12 heavy (non-hydrogen) atoms. The fourth-order valence-corrected chi connectivity index (χ4v) is 2.34. The highest BCUT2D eigenvalue weighted by Crippen LogP contribution is 2.46. The first-order chi connectivity index (χ1) is 5.66. The van der Waals surface area contributed by atoms with Crippen molar-refractivity contribution in [3.63, 3.8) is 0 Å². The number of ether oxygens (including phenoxy) is 1. The van der Waals surface area contributed by atoms with Crippen LogP contribution in [0.15, 0.2) is 12.2 Å². The van der Waals surface area contributed by atoms with Gasteiger partial charge in [-0.1, -0.05) is 13.5 Å². The highest BCUT2D eigenvalue weighted by atomic mass is 16.6. The maximum absolute atomic E-state index is 11.2. The smallest absolute Gasteiger partial charge is 0.334 e. The van der Waals surface area contributed by atoms with Crippen molar-refractivity contribution in [2.45, 2.75) is 38.2 Å². The van der Waals surface area contributed by atoms with Crippen LogP contribution in [0, 0.1) is 5.92 Å². The van der Waals surface area contributed by atoms with E-state index in [2.05, 4.69) is 13.5 Å². The third kappa shape index (κ3) is 0.838. The topological polar surface area (TPSA) is 26.3 Å². The Balaban J connectivity index is 2.28. The lowest BCUT2D eigenvalue weighted by Gasteiger charge is -2.25. The Hall–Kier alpha value is -0.790. The van der Waals surface area contributed by atoms with E-state index in [0.717, 1.165) is 12.8 Å². The molecule has 1 spiro atoms. The van der Waals surface area contributed by atoms with Crippen molar-refractivity contribution >= 4 is 5.97 Å². The molecule has 0 aromatic rings. The summed E-state index contributed by atoms with van der Waals surface area (Å²) in [5.41, 5.74) is 0.505. The molecule has 0 bridgehead atoms.